The largest absolute Gasteiger partial charge is 0.466 e. The van der Waals surface area contributed by atoms with Gasteiger partial charge < -0.3 is 10.1 Å². The lowest BCUT2D eigenvalue weighted by atomic mass is 10.2. The zero-order valence-corrected chi connectivity index (χ0v) is 16.6. The van der Waals surface area contributed by atoms with Crippen LogP contribution >= 0.6 is 11.3 Å². The topological polar surface area (TPSA) is 90.3 Å². The molecule has 0 radical (unpaired) electrons. The Bertz CT molecular complexity index is 916. The lowest BCUT2D eigenvalue weighted by Crippen LogP contribution is -2.25. The van der Waals surface area contributed by atoms with Crippen LogP contribution in [0.3, 0.4) is 0 Å². The lowest BCUT2D eigenvalue weighted by Gasteiger charge is -2.08. The van der Waals surface area contributed by atoms with Gasteiger partial charge in [-0.3, -0.25) is 19.0 Å². The second kappa shape index (κ2) is 8.65. The van der Waals surface area contributed by atoms with Gasteiger partial charge in [0.2, 0.25) is 0 Å². The molecule has 1 aliphatic heterocycles. The van der Waals surface area contributed by atoms with Gasteiger partial charge in [0.15, 0.2) is 0 Å². The Balaban J connectivity index is 1.76. The van der Waals surface area contributed by atoms with E-state index < -0.39 is 0 Å². The summed E-state index contributed by atoms with van der Waals surface area (Å²) >= 11 is 1.27. The molecule has 0 spiro atoms. The maximum absolute atomic E-state index is 12.9. The van der Waals surface area contributed by atoms with E-state index in [2.05, 4.69) is 10.3 Å². The molecule has 0 aliphatic carbocycles. The summed E-state index contributed by atoms with van der Waals surface area (Å²) in [6, 6.07) is 0. The summed E-state index contributed by atoms with van der Waals surface area (Å²) in [6.07, 6.45) is 4.72. The van der Waals surface area contributed by atoms with Crippen LogP contribution < -0.4 is 10.9 Å². The monoisotopic (exact) mass is 391 g/mol. The predicted molar refractivity (Wildman–Crippen MR) is 104 cm³/mol. The van der Waals surface area contributed by atoms with Crippen molar-refractivity contribution in [3.05, 3.63) is 26.6 Å². The van der Waals surface area contributed by atoms with Gasteiger partial charge in [0.1, 0.15) is 10.7 Å². The van der Waals surface area contributed by atoms with Crippen molar-refractivity contribution in [1.82, 2.24) is 14.9 Å². The molecule has 0 fully saturated rings. The number of amides is 1. The number of fused-ring (bicyclic) bond motifs is 2. The number of hydrogen-bond acceptors (Lipinski definition) is 6. The van der Waals surface area contributed by atoms with Crippen LogP contribution in [0.2, 0.25) is 0 Å². The first-order valence-electron chi connectivity index (χ1n) is 9.49. The van der Waals surface area contributed by atoms with Gasteiger partial charge in [-0.1, -0.05) is 6.42 Å². The number of rotatable bonds is 6. The van der Waals surface area contributed by atoms with Crippen LogP contribution in [0.25, 0.3) is 10.2 Å². The Hall–Kier alpha value is -2.22. The number of carbonyl (C=O) groups excluding carboxylic acids is 2. The smallest absolute Gasteiger partial charge is 0.305 e. The van der Waals surface area contributed by atoms with Crippen LogP contribution in [0, 0.1) is 6.92 Å². The Morgan fingerprint density at radius 3 is 2.89 bits per heavy atom. The highest BCUT2D eigenvalue weighted by Crippen LogP contribution is 2.28. The van der Waals surface area contributed by atoms with Gasteiger partial charge in [-0.05, 0) is 38.7 Å². The van der Waals surface area contributed by atoms with Crippen molar-refractivity contribution in [3.63, 3.8) is 0 Å². The van der Waals surface area contributed by atoms with Gasteiger partial charge in [-0.25, -0.2) is 4.98 Å². The number of aryl methyl sites for hydroxylation is 2. The van der Waals surface area contributed by atoms with E-state index in [4.69, 9.17) is 4.74 Å². The molecule has 0 bridgehead atoms. The molecular weight excluding hydrogens is 366 g/mol. The van der Waals surface area contributed by atoms with E-state index in [0.29, 0.717) is 46.8 Å². The Morgan fingerprint density at radius 1 is 1.30 bits per heavy atom. The van der Waals surface area contributed by atoms with Crippen LogP contribution in [-0.4, -0.2) is 34.6 Å². The Labute approximate surface area is 161 Å². The van der Waals surface area contributed by atoms with E-state index in [1.807, 2.05) is 0 Å². The first-order valence-corrected chi connectivity index (χ1v) is 10.3. The molecule has 0 aromatic carbocycles. The number of nitrogens with one attached hydrogen (secondary N) is 1. The van der Waals surface area contributed by atoms with E-state index in [9.17, 15) is 14.4 Å². The molecule has 1 aliphatic rings. The van der Waals surface area contributed by atoms with E-state index in [1.54, 1.807) is 18.4 Å². The van der Waals surface area contributed by atoms with Crippen LogP contribution in [0.1, 0.15) is 60.1 Å². The zero-order valence-electron chi connectivity index (χ0n) is 15.8. The number of carbonyl (C=O) groups is 2. The number of hydrogen-bond donors (Lipinski definition) is 1. The highest BCUT2D eigenvalue weighted by molar-refractivity contribution is 7.20. The van der Waals surface area contributed by atoms with Crippen molar-refractivity contribution in [3.8, 4) is 0 Å². The van der Waals surface area contributed by atoms with Crippen molar-refractivity contribution in [2.24, 2.45) is 0 Å². The van der Waals surface area contributed by atoms with E-state index in [-0.39, 0.29) is 23.9 Å². The molecule has 3 rings (SSSR count). The van der Waals surface area contributed by atoms with Gasteiger partial charge in [0.25, 0.3) is 11.5 Å². The summed E-state index contributed by atoms with van der Waals surface area (Å²) in [5.41, 5.74) is 0.655. The Morgan fingerprint density at radius 2 is 2.11 bits per heavy atom. The summed E-state index contributed by atoms with van der Waals surface area (Å²) in [4.78, 5) is 42.6. The summed E-state index contributed by atoms with van der Waals surface area (Å²) in [6.45, 7) is 5.01. The predicted octanol–water partition coefficient (Wildman–Crippen LogP) is 2.57. The SMILES string of the molecule is CCOC(=O)CCCNC(=O)c1sc2nc3n(c(=O)c2c1C)CCCCC3. The standard InChI is InChI=1S/C19H25N3O4S/c1-3-26-14(23)9-7-10-20-17(24)16-12(2)15-18(27-16)21-13-8-5-4-6-11-22(13)19(15)25/h3-11H2,1-2H3,(H,20,24). The molecule has 146 valence electrons. The molecule has 0 saturated carbocycles. The fraction of sp³-hybridized carbons (Fsp3) is 0.579. The van der Waals surface area contributed by atoms with Gasteiger partial charge in [-0.2, -0.15) is 0 Å². The third-order valence-electron chi connectivity index (χ3n) is 4.77. The summed E-state index contributed by atoms with van der Waals surface area (Å²) < 4.78 is 6.64. The molecular formula is C19H25N3O4S. The third kappa shape index (κ3) is 4.21. The maximum Gasteiger partial charge on any atom is 0.305 e. The number of esters is 1. The van der Waals surface area contributed by atoms with E-state index in [0.717, 1.165) is 31.5 Å². The molecule has 7 nitrogen and oxygen atoms in total. The van der Waals surface area contributed by atoms with Crippen LogP contribution in [0.4, 0.5) is 0 Å². The zero-order chi connectivity index (χ0) is 19.4. The molecule has 1 amide bonds. The third-order valence-corrected chi connectivity index (χ3v) is 5.95. The van der Waals surface area contributed by atoms with Crippen LogP contribution in [-0.2, 0) is 22.5 Å². The second-order valence-electron chi connectivity index (χ2n) is 6.70. The van der Waals surface area contributed by atoms with Crippen LogP contribution in [0.5, 0.6) is 0 Å². The van der Waals surface area contributed by atoms with Gasteiger partial charge in [0.05, 0.1) is 16.9 Å². The van der Waals surface area contributed by atoms with Crippen molar-refractivity contribution in [2.75, 3.05) is 13.2 Å². The molecule has 8 heteroatoms. The van der Waals surface area contributed by atoms with Crippen molar-refractivity contribution in [2.45, 2.75) is 58.9 Å². The van der Waals surface area contributed by atoms with Gasteiger partial charge in [0, 0.05) is 25.9 Å². The summed E-state index contributed by atoms with van der Waals surface area (Å²) in [5, 5.41) is 3.38. The fourth-order valence-electron chi connectivity index (χ4n) is 3.37. The average Bonchev–Trinajstić information content (AvgIpc) is 2.81. The minimum Gasteiger partial charge on any atom is -0.466 e. The van der Waals surface area contributed by atoms with Crippen molar-refractivity contribution < 1.29 is 14.3 Å². The second-order valence-corrected chi connectivity index (χ2v) is 7.70. The molecule has 3 heterocycles. The number of thiophene rings is 1. The van der Waals surface area contributed by atoms with Crippen molar-refractivity contribution >= 4 is 33.4 Å². The van der Waals surface area contributed by atoms with E-state index in [1.165, 1.54) is 11.3 Å². The first kappa shape index (κ1) is 19.5. The quantitative estimate of drug-likeness (QED) is 0.604. The highest BCUT2D eigenvalue weighted by Gasteiger charge is 2.22. The minimum absolute atomic E-state index is 0.0352. The molecule has 0 atom stereocenters. The van der Waals surface area contributed by atoms with Gasteiger partial charge >= 0.3 is 5.97 Å². The number of aromatic nitrogens is 2. The summed E-state index contributed by atoms with van der Waals surface area (Å²) in [5.74, 6) is 0.343. The lowest BCUT2D eigenvalue weighted by molar-refractivity contribution is -0.143. The number of nitrogens with zero attached hydrogens (tertiary/aromatic N) is 2. The summed E-state index contributed by atoms with van der Waals surface area (Å²) in [7, 11) is 0. The Kier molecular flexibility index (Phi) is 6.26. The van der Waals surface area contributed by atoms with E-state index >= 15 is 0 Å². The van der Waals surface area contributed by atoms with Crippen molar-refractivity contribution in [1.29, 1.82) is 0 Å². The number of ether oxygens (including phenoxy) is 1. The molecule has 27 heavy (non-hydrogen) atoms. The molecule has 2 aromatic rings. The average molecular weight is 391 g/mol. The normalized spacial score (nSPS) is 13.9. The first-order chi connectivity index (χ1) is 13.0. The maximum atomic E-state index is 12.9. The molecule has 0 saturated heterocycles. The van der Waals surface area contributed by atoms with Gasteiger partial charge in [-0.15, -0.1) is 11.3 Å². The minimum atomic E-state index is -0.261. The molecule has 2 aromatic heterocycles. The highest BCUT2D eigenvalue weighted by atomic mass is 32.1. The molecule has 1 N–H and O–H groups in total. The fourth-order valence-corrected chi connectivity index (χ4v) is 4.48. The van der Waals surface area contributed by atoms with Crippen LogP contribution in [0.15, 0.2) is 4.79 Å². The molecule has 0 unspecified atom stereocenters.